The van der Waals surface area contributed by atoms with E-state index in [1.165, 1.54) is 0 Å². The fourth-order valence-electron chi connectivity index (χ4n) is 4.74. The molecule has 3 aromatic carbocycles. The third-order valence-electron chi connectivity index (χ3n) is 6.27. The van der Waals surface area contributed by atoms with Crippen molar-refractivity contribution in [2.45, 2.75) is 25.8 Å². The third kappa shape index (κ3) is 3.71. The summed E-state index contributed by atoms with van der Waals surface area (Å²) in [6, 6.07) is 19.2. The first-order chi connectivity index (χ1) is 16.1. The van der Waals surface area contributed by atoms with E-state index in [2.05, 4.69) is 0 Å². The number of benzene rings is 3. The van der Waals surface area contributed by atoms with Crippen molar-refractivity contribution in [2.24, 2.45) is 0 Å². The Morgan fingerprint density at radius 3 is 2.70 bits per heavy atom. The van der Waals surface area contributed by atoms with Crippen LogP contribution in [0.1, 0.15) is 40.7 Å². The molecule has 4 aromatic rings. The summed E-state index contributed by atoms with van der Waals surface area (Å²) < 4.78 is 16.8. The Hall–Kier alpha value is -3.80. The van der Waals surface area contributed by atoms with Crippen molar-refractivity contribution in [1.29, 1.82) is 0 Å². The van der Waals surface area contributed by atoms with E-state index in [9.17, 15) is 9.59 Å². The maximum atomic E-state index is 13.0. The number of para-hydroxylation sites is 1. The number of amides is 1. The number of hydrogen-bond acceptors (Lipinski definition) is 5. The van der Waals surface area contributed by atoms with Crippen LogP contribution in [0.5, 0.6) is 5.75 Å². The first kappa shape index (κ1) is 21.1. The Labute approximate surface area is 191 Å². The van der Waals surface area contributed by atoms with E-state index >= 15 is 0 Å². The lowest BCUT2D eigenvalue weighted by Crippen LogP contribution is -2.25. The summed E-state index contributed by atoms with van der Waals surface area (Å²) in [7, 11) is 1.63. The summed E-state index contributed by atoms with van der Waals surface area (Å²) in [5, 5.41) is 2.01. The number of ether oxygens (including phenoxy) is 2. The van der Waals surface area contributed by atoms with Crippen molar-refractivity contribution in [3.63, 3.8) is 0 Å². The van der Waals surface area contributed by atoms with Crippen molar-refractivity contribution < 1.29 is 23.5 Å². The second-order valence-electron chi connectivity index (χ2n) is 8.21. The van der Waals surface area contributed by atoms with Crippen LogP contribution in [0.25, 0.3) is 21.9 Å². The standard InChI is InChI=1S/C27H25NO5/c1-3-32-27(30)20-9-5-4-8-17(20)15-28-16-18(14-24(28)29)19-12-13-23(31-2)26-25(19)21-10-6-7-11-22(21)33-26/h4-13,18H,3,14-16H2,1-2H3. The van der Waals surface area contributed by atoms with E-state index in [1.54, 1.807) is 20.1 Å². The number of carbonyl (C=O) groups excluding carboxylic acids is 2. The van der Waals surface area contributed by atoms with Gasteiger partial charge in [-0.05, 0) is 36.2 Å². The second-order valence-corrected chi connectivity index (χ2v) is 8.21. The largest absolute Gasteiger partial charge is 0.493 e. The Kier molecular flexibility index (Phi) is 5.50. The van der Waals surface area contributed by atoms with Crippen LogP contribution in [0.2, 0.25) is 0 Å². The number of likely N-dealkylation sites (tertiary alicyclic amines) is 1. The van der Waals surface area contributed by atoms with Gasteiger partial charge in [-0.2, -0.15) is 0 Å². The summed E-state index contributed by atoms with van der Waals surface area (Å²) in [5.41, 5.74) is 3.87. The predicted octanol–water partition coefficient (Wildman–Crippen LogP) is 5.29. The number of hydrogen-bond donors (Lipinski definition) is 0. The maximum absolute atomic E-state index is 13.0. The summed E-state index contributed by atoms with van der Waals surface area (Å²) in [5.74, 6) is 0.393. The molecule has 1 saturated heterocycles. The minimum atomic E-state index is -0.363. The quantitative estimate of drug-likeness (QED) is 0.379. The van der Waals surface area contributed by atoms with E-state index in [-0.39, 0.29) is 17.8 Å². The molecular formula is C27H25NO5. The van der Waals surface area contributed by atoms with E-state index < -0.39 is 0 Å². The van der Waals surface area contributed by atoms with Crippen LogP contribution in [0, 0.1) is 0 Å². The highest BCUT2D eigenvalue weighted by atomic mass is 16.5. The minimum Gasteiger partial charge on any atom is -0.493 e. The second kappa shape index (κ2) is 8.62. The molecule has 0 N–H and O–H groups in total. The lowest BCUT2D eigenvalue weighted by Gasteiger charge is -2.19. The number of furan rings is 1. The van der Waals surface area contributed by atoms with Crippen molar-refractivity contribution >= 4 is 33.8 Å². The highest BCUT2D eigenvalue weighted by molar-refractivity contribution is 6.09. The number of methoxy groups -OCH3 is 1. The van der Waals surface area contributed by atoms with E-state index in [0.717, 1.165) is 27.5 Å². The number of fused-ring (bicyclic) bond motifs is 3. The van der Waals surface area contributed by atoms with Crippen LogP contribution < -0.4 is 4.74 Å². The first-order valence-electron chi connectivity index (χ1n) is 11.1. The third-order valence-corrected chi connectivity index (χ3v) is 6.27. The zero-order valence-corrected chi connectivity index (χ0v) is 18.7. The fraction of sp³-hybridized carbons (Fsp3) is 0.259. The average Bonchev–Trinajstić information content (AvgIpc) is 3.40. The number of esters is 1. The molecule has 5 rings (SSSR count). The SMILES string of the molecule is CCOC(=O)c1ccccc1CN1CC(c2ccc(OC)c3oc4ccccc4c23)CC1=O. The molecule has 1 amide bonds. The Bertz CT molecular complexity index is 1360. The molecule has 0 saturated carbocycles. The van der Waals surface area contributed by atoms with Gasteiger partial charge in [-0.25, -0.2) is 4.79 Å². The number of rotatable bonds is 6. The van der Waals surface area contributed by atoms with Gasteiger partial charge in [-0.1, -0.05) is 42.5 Å². The molecule has 1 unspecified atom stereocenters. The highest BCUT2D eigenvalue weighted by Crippen LogP contribution is 2.42. The van der Waals surface area contributed by atoms with E-state index in [4.69, 9.17) is 13.9 Å². The van der Waals surface area contributed by atoms with Gasteiger partial charge in [0.05, 0.1) is 19.3 Å². The van der Waals surface area contributed by atoms with Crippen LogP contribution >= 0.6 is 0 Å². The van der Waals surface area contributed by atoms with Gasteiger partial charge in [0.15, 0.2) is 11.3 Å². The molecule has 0 spiro atoms. The molecule has 1 fully saturated rings. The van der Waals surface area contributed by atoms with Gasteiger partial charge in [0.1, 0.15) is 5.58 Å². The monoisotopic (exact) mass is 443 g/mol. The molecule has 1 aliphatic heterocycles. The highest BCUT2D eigenvalue weighted by Gasteiger charge is 2.33. The zero-order chi connectivity index (χ0) is 22.9. The molecule has 1 aromatic heterocycles. The molecule has 1 atom stereocenters. The molecule has 0 radical (unpaired) electrons. The van der Waals surface area contributed by atoms with Crippen molar-refractivity contribution in [3.05, 3.63) is 77.4 Å². The van der Waals surface area contributed by atoms with E-state index in [0.29, 0.717) is 43.0 Å². The minimum absolute atomic E-state index is 0.0154. The Balaban J connectivity index is 1.48. The van der Waals surface area contributed by atoms with Gasteiger partial charge >= 0.3 is 5.97 Å². The maximum Gasteiger partial charge on any atom is 0.338 e. The van der Waals surface area contributed by atoms with Crippen LogP contribution in [0.4, 0.5) is 0 Å². The Morgan fingerprint density at radius 2 is 1.88 bits per heavy atom. The van der Waals surface area contributed by atoms with Crippen LogP contribution in [-0.4, -0.2) is 37.0 Å². The first-order valence-corrected chi connectivity index (χ1v) is 11.1. The van der Waals surface area contributed by atoms with Gasteiger partial charge in [0, 0.05) is 36.2 Å². The van der Waals surface area contributed by atoms with Crippen LogP contribution in [0.15, 0.2) is 65.1 Å². The zero-order valence-electron chi connectivity index (χ0n) is 18.7. The fourth-order valence-corrected chi connectivity index (χ4v) is 4.74. The van der Waals surface area contributed by atoms with E-state index in [1.807, 2.05) is 59.5 Å². The van der Waals surface area contributed by atoms with Gasteiger partial charge in [-0.3, -0.25) is 4.79 Å². The summed E-state index contributed by atoms with van der Waals surface area (Å²) in [6.07, 6.45) is 0.405. The van der Waals surface area contributed by atoms with Crippen molar-refractivity contribution in [1.82, 2.24) is 4.90 Å². The number of carbonyl (C=O) groups is 2. The van der Waals surface area contributed by atoms with Crippen molar-refractivity contribution in [2.75, 3.05) is 20.3 Å². The lowest BCUT2D eigenvalue weighted by atomic mass is 9.93. The van der Waals surface area contributed by atoms with Gasteiger partial charge in [-0.15, -0.1) is 0 Å². The van der Waals surface area contributed by atoms with Gasteiger partial charge in [0.25, 0.3) is 0 Å². The molecule has 2 heterocycles. The molecule has 6 heteroatoms. The number of nitrogens with zero attached hydrogens (tertiary/aromatic N) is 1. The average molecular weight is 443 g/mol. The summed E-state index contributed by atoms with van der Waals surface area (Å²) in [6.45, 7) is 3.03. The normalized spacial score (nSPS) is 16.0. The molecule has 0 aliphatic carbocycles. The van der Waals surface area contributed by atoms with Gasteiger partial charge in [0.2, 0.25) is 5.91 Å². The Morgan fingerprint density at radius 1 is 1.09 bits per heavy atom. The molecule has 0 bridgehead atoms. The predicted molar refractivity (Wildman–Crippen MR) is 125 cm³/mol. The topological polar surface area (TPSA) is 69.0 Å². The lowest BCUT2D eigenvalue weighted by molar-refractivity contribution is -0.128. The molecule has 33 heavy (non-hydrogen) atoms. The van der Waals surface area contributed by atoms with Crippen LogP contribution in [0.3, 0.4) is 0 Å². The summed E-state index contributed by atoms with van der Waals surface area (Å²) in [4.78, 5) is 27.2. The molecular weight excluding hydrogens is 418 g/mol. The molecule has 6 nitrogen and oxygen atoms in total. The molecule has 168 valence electrons. The molecule has 1 aliphatic rings. The van der Waals surface area contributed by atoms with Crippen molar-refractivity contribution in [3.8, 4) is 5.75 Å². The smallest absolute Gasteiger partial charge is 0.338 e. The summed E-state index contributed by atoms with van der Waals surface area (Å²) >= 11 is 0. The van der Waals surface area contributed by atoms with Gasteiger partial charge < -0.3 is 18.8 Å². The van der Waals surface area contributed by atoms with Crippen LogP contribution in [-0.2, 0) is 16.1 Å².